The molecule has 0 radical (unpaired) electrons. The normalized spacial score (nSPS) is 15.2. The summed E-state index contributed by atoms with van der Waals surface area (Å²) in [6, 6.07) is 3.92. The molecule has 9 nitrogen and oxygen atoms in total. The van der Waals surface area contributed by atoms with Crippen LogP contribution in [0.2, 0.25) is 0 Å². The van der Waals surface area contributed by atoms with E-state index < -0.39 is 6.03 Å². The first kappa shape index (κ1) is 25.5. The maximum Gasteiger partial charge on any atom is 0.314 e. The number of urea groups is 1. The number of nitrogens with two attached hydrogens (primary N) is 1. The molecule has 3 amide bonds. The minimum Gasteiger partial charge on any atom is -0.381 e. The van der Waals surface area contributed by atoms with Crippen LogP contribution in [0.15, 0.2) is 24.5 Å². The third-order valence-electron chi connectivity index (χ3n) is 7.17. The first-order valence-corrected chi connectivity index (χ1v) is 12.8. The Balaban J connectivity index is 1.66. The molecule has 1 aromatic carbocycles. The van der Waals surface area contributed by atoms with Gasteiger partial charge in [-0.25, -0.2) is 14.5 Å². The molecular weight excluding hydrogens is 454 g/mol. The number of pyridine rings is 1. The zero-order chi connectivity index (χ0) is 26.0. The van der Waals surface area contributed by atoms with E-state index in [2.05, 4.69) is 60.5 Å². The molecule has 1 atom stereocenters. The van der Waals surface area contributed by atoms with Crippen molar-refractivity contribution in [3.8, 4) is 0 Å². The Kier molecular flexibility index (Phi) is 7.47. The second-order valence-electron chi connectivity index (χ2n) is 9.74. The Hall–Kier alpha value is -3.62. The van der Waals surface area contributed by atoms with Crippen molar-refractivity contribution >= 4 is 28.7 Å². The number of amides is 3. The Labute approximate surface area is 212 Å². The summed E-state index contributed by atoms with van der Waals surface area (Å²) in [6.45, 7) is 12.2. The van der Waals surface area contributed by atoms with E-state index in [-0.39, 0.29) is 18.0 Å². The van der Waals surface area contributed by atoms with E-state index in [1.807, 2.05) is 11.6 Å². The summed E-state index contributed by atoms with van der Waals surface area (Å²) < 4.78 is 1.83. The number of hydrogen-bond acceptors (Lipinski definition) is 5. The van der Waals surface area contributed by atoms with Crippen molar-refractivity contribution in [2.75, 3.05) is 18.4 Å². The predicted octanol–water partition coefficient (Wildman–Crippen LogP) is 4.21. The smallest absolute Gasteiger partial charge is 0.314 e. The molecule has 4 N–H and O–H groups in total. The minimum atomic E-state index is -0.392. The fourth-order valence-electron chi connectivity index (χ4n) is 5.39. The topological polar surface area (TPSA) is 118 Å². The zero-order valence-electron chi connectivity index (χ0n) is 21.9. The van der Waals surface area contributed by atoms with Gasteiger partial charge in [0, 0.05) is 31.9 Å². The second-order valence-corrected chi connectivity index (χ2v) is 9.74. The number of fused-ring (bicyclic) bond motifs is 1. The summed E-state index contributed by atoms with van der Waals surface area (Å²) in [6.07, 6.45) is 5.68. The van der Waals surface area contributed by atoms with Crippen LogP contribution in [0, 0.1) is 20.8 Å². The number of anilines is 1. The summed E-state index contributed by atoms with van der Waals surface area (Å²) in [5.74, 6) is -0.169. The highest BCUT2D eigenvalue weighted by Gasteiger charge is 2.26. The molecule has 0 spiro atoms. The van der Waals surface area contributed by atoms with Crippen molar-refractivity contribution in [3.63, 3.8) is 0 Å². The molecule has 192 valence electrons. The quantitative estimate of drug-likeness (QED) is 0.457. The van der Waals surface area contributed by atoms with Crippen molar-refractivity contribution in [3.05, 3.63) is 52.3 Å². The van der Waals surface area contributed by atoms with Crippen molar-refractivity contribution in [1.82, 2.24) is 25.0 Å². The first-order chi connectivity index (χ1) is 17.2. The fourth-order valence-corrected chi connectivity index (χ4v) is 5.39. The Morgan fingerprint density at radius 1 is 1.11 bits per heavy atom. The molecule has 3 heterocycles. The van der Waals surface area contributed by atoms with E-state index in [9.17, 15) is 9.59 Å². The molecule has 0 saturated carbocycles. The third kappa shape index (κ3) is 5.01. The lowest BCUT2D eigenvalue weighted by Crippen LogP contribution is -2.45. The SMILES string of the molecule is CCC(NC(=O)c1cnc2c(cnn2CC)c1NC1CCN(C(N)=O)CC1)c1c(C)cc(C)cc1C. The Morgan fingerprint density at radius 3 is 2.36 bits per heavy atom. The van der Waals surface area contributed by atoms with Crippen molar-refractivity contribution in [2.45, 2.75) is 72.5 Å². The molecule has 3 aromatic rings. The summed E-state index contributed by atoms with van der Waals surface area (Å²) in [7, 11) is 0. The summed E-state index contributed by atoms with van der Waals surface area (Å²) in [4.78, 5) is 31.5. The fraction of sp³-hybridized carbons (Fsp3) is 0.481. The lowest BCUT2D eigenvalue weighted by Gasteiger charge is -2.32. The summed E-state index contributed by atoms with van der Waals surface area (Å²) in [5, 5.41) is 12.2. The lowest BCUT2D eigenvalue weighted by atomic mass is 9.92. The highest BCUT2D eigenvalue weighted by molar-refractivity contribution is 6.06. The van der Waals surface area contributed by atoms with Crippen molar-refractivity contribution in [1.29, 1.82) is 0 Å². The van der Waals surface area contributed by atoms with Gasteiger partial charge in [-0.15, -0.1) is 0 Å². The Bertz CT molecular complexity index is 1250. The number of carbonyl (C=O) groups is 2. The predicted molar refractivity (Wildman–Crippen MR) is 142 cm³/mol. The lowest BCUT2D eigenvalue weighted by molar-refractivity contribution is 0.0936. The largest absolute Gasteiger partial charge is 0.381 e. The van der Waals surface area contributed by atoms with Crippen LogP contribution in [-0.2, 0) is 6.54 Å². The number of hydrogen-bond donors (Lipinski definition) is 3. The van der Waals surface area contributed by atoms with Crippen LogP contribution in [0.4, 0.5) is 10.5 Å². The van der Waals surface area contributed by atoms with Gasteiger partial charge in [0.05, 0.1) is 28.9 Å². The van der Waals surface area contributed by atoms with E-state index in [4.69, 9.17) is 5.73 Å². The van der Waals surface area contributed by atoms with Crippen molar-refractivity contribution < 1.29 is 9.59 Å². The standard InChI is InChI=1S/C27H37N7O2/c1-6-22(23-17(4)12-16(3)13-18(23)5)32-26(35)21-14-29-25-20(15-30-34(25)7-2)24(21)31-19-8-10-33(11-9-19)27(28)36/h12-15,19,22H,6-11H2,1-5H3,(H2,28,36)(H,29,31)(H,32,35). The molecule has 0 aliphatic carbocycles. The molecule has 1 aliphatic heterocycles. The maximum absolute atomic E-state index is 13.7. The van der Waals surface area contributed by atoms with Gasteiger partial charge in [0.2, 0.25) is 0 Å². The maximum atomic E-state index is 13.7. The molecule has 1 saturated heterocycles. The second kappa shape index (κ2) is 10.6. The van der Waals surface area contributed by atoms with E-state index >= 15 is 0 Å². The van der Waals surface area contributed by atoms with E-state index in [1.165, 1.54) is 16.7 Å². The van der Waals surface area contributed by atoms with Crippen molar-refractivity contribution in [2.24, 2.45) is 5.73 Å². The van der Waals surface area contributed by atoms with Crippen LogP contribution in [0.25, 0.3) is 11.0 Å². The van der Waals surface area contributed by atoms with Gasteiger partial charge in [0.1, 0.15) is 0 Å². The number of piperidine rings is 1. The minimum absolute atomic E-state index is 0.103. The van der Waals surface area contributed by atoms with Crippen LogP contribution in [-0.4, -0.2) is 50.7 Å². The van der Waals surface area contributed by atoms with Crippen LogP contribution in [0.1, 0.15) is 71.8 Å². The molecule has 1 unspecified atom stereocenters. The highest BCUT2D eigenvalue weighted by Crippen LogP contribution is 2.31. The number of nitrogens with zero attached hydrogens (tertiary/aromatic N) is 4. The number of likely N-dealkylation sites (tertiary alicyclic amines) is 1. The number of carbonyl (C=O) groups excluding carboxylic acids is 2. The van der Waals surface area contributed by atoms with Gasteiger partial charge in [-0.3, -0.25) is 4.79 Å². The number of primary amides is 1. The van der Waals surface area contributed by atoms with E-state index in [0.717, 1.165) is 41.5 Å². The number of rotatable bonds is 7. The molecule has 1 aliphatic rings. The van der Waals surface area contributed by atoms with Crippen LogP contribution in [0.5, 0.6) is 0 Å². The summed E-state index contributed by atoms with van der Waals surface area (Å²) in [5.41, 5.74) is 12.2. The van der Waals surface area contributed by atoms with Gasteiger partial charge < -0.3 is 21.3 Å². The van der Waals surface area contributed by atoms with Gasteiger partial charge in [0.15, 0.2) is 5.65 Å². The molecular formula is C27H37N7O2. The molecule has 4 rings (SSSR count). The van der Waals surface area contributed by atoms with Gasteiger partial charge in [-0.05, 0) is 63.6 Å². The van der Waals surface area contributed by atoms with Gasteiger partial charge >= 0.3 is 6.03 Å². The molecule has 36 heavy (non-hydrogen) atoms. The average Bonchev–Trinajstić information content (AvgIpc) is 3.27. The van der Waals surface area contributed by atoms with Crippen LogP contribution >= 0.6 is 0 Å². The average molecular weight is 492 g/mol. The van der Waals surface area contributed by atoms with Gasteiger partial charge in [0.25, 0.3) is 5.91 Å². The molecule has 2 aromatic heterocycles. The van der Waals surface area contributed by atoms with Gasteiger partial charge in [-0.2, -0.15) is 5.10 Å². The summed E-state index contributed by atoms with van der Waals surface area (Å²) >= 11 is 0. The third-order valence-corrected chi connectivity index (χ3v) is 7.17. The molecule has 1 fully saturated rings. The number of aromatic nitrogens is 3. The van der Waals surface area contributed by atoms with E-state index in [0.29, 0.717) is 25.2 Å². The number of aryl methyl sites for hydroxylation is 4. The number of nitrogens with one attached hydrogen (secondary N) is 2. The van der Waals surface area contributed by atoms with Crippen LogP contribution < -0.4 is 16.4 Å². The molecule has 9 heteroatoms. The highest BCUT2D eigenvalue weighted by atomic mass is 16.2. The van der Waals surface area contributed by atoms with Gasteiger partial charge in [-0.1, -0.05) is 24.6 Å². The van der Waals surface area contributed by atoms with E-state index in [1.54, 1.807) is 17.3 Å². The van der Waals surface area contributed by atoms with Crippen LogP contribution in [0.3, 0.4) is 0 Å². The number of benzene rings is 1. The monoisotopic (exact) mass is 491 g/mol. The Morgan fingerprint density at radius 2 is 1.78 bits per heavy atom. The first-order valence-electron chi connectivity index (χ1n) is 12.8. The molecule has 0 bridgehead atoms. The zero-order valence-corrected chi connectivity index (χ0v) is 21.9.